The molecular formula is C24H30ClN7O5S. The third kappa shape index (κ3) is 4.92. The van der Waals surface area contributed by atoms with Crippen LogP contribution in [-0.4, -0.2) is 108 Å². The third-order valence-corrected chi connectivity index (χ3v) is 9.11. The summed E-state index contributed by atoms with van der Waals surface area (Å²) in [4.78, 5) is 36.5. The molecule has 1 aromatic carbocycles. The summed E-state index contributed by atoms with van der Waals surface area (Å²) in [6.45, 7) is 1.09. The molecule has 2 aliphatic rings. The highest BCUT2D eigenvalue weighted by Gasteiger charge is 2.40. The number of piperazine rings is 1. The van der Waals surface area contributed by atoms with Gasteiger partial charge in [-0.3, -0.25) is 9.59 Å². The summed E-state index contributed by atoms with van der Waals surface area (Å²) in [5, 5.41) is 5.14. The Morgan fingerprint density at radius 3 is 2.63 bits per heavy atom. The van der Waals surface area contributed by atoms with E-state index >= 15 is 0 Å². The monoisotopic (exact) mass is 563 g/mol. The Morgan fingerprint density at radius 1 is 1.16 bits per heavy atom. The molecule has 2 aliphatic heterocycles. The molecule has 1 N–H and O–H groups in total. The lowest BCUT2D eigenvalue weighted by atomic mass is 10.1. The summed E-state index contributed by atoms with van der Waals surface area (Å²) in [6.07, 6.45) is -0.0427. The van der Waals surface area contributed by atoms with E-state index in [4.69, 9.17) is 16.0 Å². The van der Waals surface area contributed by atoms with Gasteiger partial charge in [0.15, 0.2) is 0 Å². The number of amides is 2. The maximum absolute atomic E-state index is 13.6. The van der Waals surface area contributed by atoms with E-state index in [1.165, 1.54) is 14.1 Å². The molecule has 1 atom stereocenters. The number of benzene rings is 1. The first-order valence-corrected chi connectivity index (χ1v) is 14.0. The number of aromatic amines is 1. The van der Waals surface area contributed by atoms with Crippen molar-refractivity contribution < 1.29 is 22.4 Å². The van der Waals surface area contributed by atoms with E-state index in [1.807, 2.05) is 24.1 Å². The van der Waals surface area contributed by atoms with Gasteiger partial charge in [0.05, 0.1) is 24.8 Å². The highest BCUT2D eigenvalue weighted by Crippen LogP contribution is 2.28. The van der Waals surface area contributed by atoms with Gasteiger partial charge in [0.2, 0.25) is 5.91 Å². The van der Waals surface area contributed by atoms with Crippen molar-refractivity contribution >= 4 is 44.3 Å². The van der Waals surface area contributed by atoms with Gasteiger partial charge in [0.1, 0.15) is 10.8 Å². The largest absolute Gasteiger partial charge is 0.436 e. The summed E-state index contributed by atoms with van der Waals surface area (Å²) in [6, 6.07) is 5.93. The fourth-order valence-corrected chi connectivity index (χ4v) is 6.40. The second-order valence-electron chi connectivity index (χ2n) is 9.89. The lowest BCUT2D eigenvalue weighted by Crippen LogP contribution is -2.57. The molecule has 38 heavy (non-hydrogen) atoms. The number of oxazole rings is 1. The van der Waals surface area contributed by atoms with Crippen molar-refractivity contribution in [2.24, 2.45) is 0 Å². The van der Waals surface area contributed by atoms with E-state index < -0.39 is 22.0 Å². The van der Waals surface area contributed by atoms with Crippen LogP contribution in [0.4, 0.5) is 0 Å². The molecule has 1 saturated heterocycles. The number of rotatable bonds is 5. The topological polar surface area (TPSA) is 126 Å². The first kappa shape index (κ1) is 26.6. The van der Waals surface area contributed by atoms with Crippen LogP contribution in [0.1, 0.15) is 28.6 Å². The first-order chi connectivity index (χ1) is 17.9. The molecule has 0 bridgehead atoms. The minimum atomic E-state index is -3.93. The van der Waals surface area contributed by atoms with Crippen molar-refractivity contribution in [3.05, 3.63) is 46.6 Å². The summed E-state index contributed by atoms with van der Waals surface area (Å²) >= 11 is 6.06. The minimum absolute atomic E-state index is 0.0286. The van der Waals surface area contributed by atoms with Crippen LogP contribution in [0.2, 0.25) is 5.02 Å². The Labute approximate surface area is 225 Å². The predicted octanol–water partition coefficient (Wildman–Crippen LogP) is 1.60. The normalized spacial score (nSPS) is 19.6. The summed E-state index contributed by atoms with van der Waals surface area (Å²) < 4.78 is 34.3. The number of nitrogens with one attached hydrogen (secondary N) is 1. The van der Waals surface area contributed by atoms with Crippen molar-refractivity contribution in [2.45, 2.75) is 30.6 Å². The lowest BCUT2D eigenvalue weighted by Gasteiger charge is -2.40. The number of hydrazine groups is 1. The number of carbonyl (C=O) groups is 2. The zero-order valence-corrected chi connectivity index (χ0v) is 23.2. The van der Waals surface area contributed by atoms with Gasteiger partial charge in [-0.15, -0.1) is 0 Å². The number of carbonyl (C=O) groups excluding carboxylic acids is 2. The fourth-order valence-electron chi connectivity index (χ4n) is 4.74. The maximum atomic E-state index is 13.6. The molecule has 1 unspecified atom stereocenters. The van der Waals surface area contributed by atoms with Gasteiger partial charge in [0.25, 0.3) is 15.9 Å². The number of fused-ring (bicyclic) bond motifs is 2. The number of hydrogen-bond acceptors (Lipinski definition) is 8. The second kappa shape index (κ2) is 9.97. The van der Waals surface area contributed by atoms with Gasteiger partial charge in [-0.1, -0.05) is 11.6 Å². The fraction of sp³-hybridized carbons (Fsp3) is 0.458. The van der Waals surface area contributed by atoms with E-state index in [-0.39, 0.29) is 42.9 Å². The van der Waals surface area contributed by atoms with E-state index in [9.17, 15) is 18.0 Å². The molecule has 0 aliphatic carbocycles. The van der Waals surface area contributed by atoms with Crippen LogP contribution in [0.5, 0.6) is 0 Å². The Balaban J connectivity index is 1.41. The maximum Gasteiger partial charge on any atom is 0.310 e. The van der Waals surface area contributed by atoms with Crippen LogP contribution in [0.15, 0.2) is 33.7 Å². The number of aromatic nitrogens is 2. The number of nitrogens with zero attached hydrogens (tertiary/aromatic N) is 6. The van der Waals surface area contributed by atoms with E-state index in [0.717, 1.165) is 0 Å². The zero-order valence-electron chi connectivity index (χ0n) is 21.6. The molecule has 0 saturated carbocycles. The Kier molecular flexibility index (Phi) is 6.99. The molecule has 3 aromatic rings. The molecule has 14 heteroatoms. The Bertz CT molecular complexity index is 1470. The number of H-pyrrole nitrogens is 1. The molecule has 2 aromatic heterocycles. The summed E-state index contributed by atoms with van der Waals surface area (Å²) in [5.41, 5.74) is 1.33. The van der Waals surface area contributed by atoms with Crippen molar-refractivity contribution in [3.8, 4) is 0 Å². The van der Waals surface area contributed by atoms with Gasteiger partial charge >= 0.3 is 5.91 Å². The minimum Gasteiger partial charge on any atom is -0.436 e. The molecule has 0 radical (unpaired) electrons. The second-order valence-corrected chi connectivity index (χ2v) is 12.2. The van der Waals surface area contributed by atoms with Crippen LogP contribution in [0, 0.1) is 0 Å². The van der Waals surface area contributed by atoms with Gasteiger partial charge in [-0.25, -0.2) is 23.4 Å². The van der Waals surface area contributed by atoms with Gasteiger partial charge in [0, 0.05) is 70.2 Å². The van der Waals surface area contributed by atoms with Gasteiger partial charge in [-0.2, -0.15) is 4.31 Å². The number of hydrogen-bond donors (Lipinski definition) is 1. The molecule has 204 valence electrons. The van der Waals surface area contributed by atoms with Crippen LogP contribution < -0.4 is 0 Å². The smallest absolute Gasteiger partial charge is 0.310 e. The summed E-state index contributed by atoms with van der Waals surface area (Å²) in [5.74, 6) is -0.111. The lowest BCUT2D eigenvalue weighted by molar-refractivity contribution is -0.130. The zero-order chi connectivity index (χ0) is 27.4. The van der Waals surface area contributed by atoms with Crippen LogP contribution in [0.25, 0.3) is 10.9 Å². The Hall–Kier alpha value is -2.97. The van der Waals surface area contributed by atoms with Crippen LogP contribution >= 0.6 is 11.6 Å². The number of sulfonamides is 1. The average Bonchev–Trinajstić information content (AvgIpc) is 3.48. The molecule has 12 nitrogen and oxygen atoms in total. The SMILES string of the molecule is CN(C)C(=O)CC1CN(S(=O)(=O)c2cc3cc(Cl)ccc3[nH]2)CCN1C(=O)c1nc2c(o1)CN(C)N(C)C2. The van der Waals surface area contributed by atoms with E-state index in [0.29, 0.717) is 40.5 Å². The van der Waals surface area contributed by atoms with Crippen LogP contribution in [-0.2, 0) is 27.9 Å². The van der Waals surface area contributed by atoms with E-state index in [1.54, 1.807) is 38.4 Å². The van der Waals surface area contributed by atoms with Crippen molar-refractivity contribution in [2.75, 3.05) is 47.8 Å². The molecule has 2 amide bonds. The standard InChI is InChI=1S/C24H30ClN7O5S/c1-28(2)22(33)11-17-12-31(38(35,36)21-10-15-9-16(25)5-6-18(15)26-21)7-8-32(17)24(34)23-27-19-13-29(3)30(4)14-20(19)37-23/h5-6,9-10,17,26H,7-8,11-14H2,1-4H3. The number of halogens is 1. The van der Waals surface area contributed by atoms with Crippen LogP contribution in [0.3, 0.4) is 0 Å². The molecule has 0 spiro atoms. The highest BCUT2D eigenvalue weighted by molar-refractivity contribution is 7.89. The first-order valence-electron chi connectivity index (χ1n) is 12.1. The Morgan fingerprint density at radius 2 is 1.89 bits per heavy atom. The highest BCUT2D eigenvalue weighted by atomic mass is 35.5. The molecule has 5 rings (SSSR count). The molecular weight excluding hydrogens is 534 g/mol. The van der Waals surface area contributed by atoms with E-state index in [2.05, 4.69) is 9.97 Å². The predicted molar refractivity (Wildman–Crippen MR) is 140 cm³/mol. The average molecular weight is 564 g/mol. The van der Waals surface area contributed by atoms with Gasteiger partial charge in [-0.05, 0) is 24.3 Å². The van der Waals surface area contributed by atoms with Crippen molar-refractivity contribution in [1.29, 1.82) is 0 Å². The van der Waals surface area contributed by atoms with Crippen molar-refractivity contribution in [3.63, 3.8) is 0 Å². The molecule has 1 fully saturated rings. The van der Waals surface area contributed by atoms with Gasteiger partial charge < -0.3 is 19.2 Å². The summed E-state index contributed by atoms with van der Waals surface area (Å²) in [7, 11) is 3.14. The quantitative estimate of drug-likeness (QED) is 0.496. The third-order valence-electron chi connectivity index (χ3n) is 7.09. The molecule has 4 heterocycles. The van der Waals surface area contributed by atoms with Crippen molar-refractivity contribution in [1.82, 2.24) is 34.1 Å².